The molecule has 0 radical (unpaired) electrons. The van der Waals surface area contributed by atoms with E-state index in [4.69, 9.17) is 0 Å². The maximum absolute atomic E-state index is 11.6. The van der Waals surface area contributed by atoms with E-state index in [0.29, 0.717) is 0 Å². The van der Waals surface area contributed by atoms with Gasteiger partial charge >= 0.3 is 23.1 Å². The van der Waals surface area contributed by atoms with Crippen LogP contribution >= 0.6 is 12.4 Å². The Balaban J connectivity index is 0.00000121. The Morgan fingerprint density at radius 1 is 0.500 bits per heavy atom. The molecule has 0 aliphatic rings. The lowest BCUT2D eigenvalue weighted by Gasteiger charge is -2.26. The molecular weight excluding hydrogens is 320 g/mol. The molecule has 0 unspecified atom stereocenters. The van der Waals surface area contributed by atoms with Crippen molar-refractivity contribution in [2.75, 3.05) is 0 Å². The largest absolute Gasteiger partial charge is 0.421 e. The second-order valence-electron chi connectivity index (χ2n) is 4.81. The normalized spacial score (nSPS) is 10.2. The first-order valence-corrected chi connectivity index (χ1v) is 8.65. The Labute approximate surface area is 154 Å². The van der Waals surface area contributed by atoms with Gasteiger partial charge in [0.15, 0.2) is 0 Å². The summed E-state index contributed by atoms with van der Waals surface area (Å²) in [6.45, 7) is 0. The van der Waals surface area contributed by atoms with E-state index in [2.05, 4.69) is 0 Å². The smallest absolute Gasteiger partial charge is 0.316 e. The summed E-state index contributed by atoms with van der Waals surface area (Å²) < 4.78 is 0. The van der Waals surface area contributed by atoms with Crippen molar-refractivity contribution in [1.29, 1.82) is 0 Å². The van der Waals surface area contributed by atoms with Crippen molar-refractivity contribution < 1.29 is 4.80 Å². The summed E-state index contributed by atoms with van der Waals surface area (Å²) in [7, 11) is -2.88. The molecule has 0 atom stereocenters. The van der Waals surface area contributed by atoms with Gasteiger partial charge < -0.3 is 4.80 Å². The summed E-state index contributed by atoms with van der Waals surface area (Å²) in [5.74, 6) is 0. The third-order valence-electron chi connectivity index (χ3n) is 3.57. The molecule has 0 saturated heterocycles. The summed E-state index contributed by atoms with van der Waals surface area (Å²) in [5.41, 5.74) is 0. The van der Waals surface area contributed by atoms with Gasteiger partial charge in [-0.3, -0.25) is 0 Å². The molecule has 1 nitrogen and oxygen atoms in total. The van der Waals surface area contributed by atoms with Crippen LogP contribution in [0.2, 0.25) is 0 Å². The summed E-state index contributed by atoms with van der Waals surface area (Å²) in [6, 6.07) is 30.0. The maximum atomic E-state index is 11.6. The molecule has 0 fully saturated rings. The topological polar surface area (TPSA) is 20.2 Å². The number of halogens is 1. The van der Waals surface area contributed by atoms with Crippen LogP contribution in [0.25, 0.3) is 0 Å². The van der Waals surface area contributed by atoms with Crippen LogP contribution in [0.1, 0.15) is 0 Å². The van der Waals surface area contributed by atoms with Gasteiger partial charge in [0, 0.05) is 0 Å². The van der Waals surface area contributed by atoms with Gasteiger partial charge in [0.05, 0.1) is 0 Å². The van der Waals surface area contributed by atoms with E-state index in [0.717, 1.165) is 15.6 Å². The molecule has 1 N–H and O–H groups in total. The first-order chi connectivity index (χ1) is 9.82. The van der Waals surface area contributed by atoms with Gasteiger partial charge in [-0.1, -0.05) is 91.0 Å². The van der Waals surface area contributed by atoms with Crippen molar-refractivity contribution in [1.82, 2.24) is 0 Å². The van der Waals surface area contributed by atoms with Crippen LogP contribution in [0.5, 0.6) is 0 Å². The molecule has 0 heterocycles. The second-order valence-corrected chi connectivity index (χ2v) is 7.96. The van der Waals surface area contributed by atoms with Crippen molar-refractivity contribution in [3.63, 3.8) is 0 Å². The maximum Gasteiger partial charge on any atom is 0.316 e. The molecule has 0 amide bonds. The Hall–Kier alpha value is -1.11. The predicted octanol–water partition coefficient (Wildman–Crippen LogP) is 1.15. The van der Waals surface area contributed by atoms with Crippen LogP contribution in [0, 0.1) is 0 Å². The molecule has 22 heavy (non-hydrogen) atoms. The van der Waals surface area contributed by atoms with Gasteiger partial charge in [-0.2, -0.15) is 0 Å². The highest BCUT2D eigenvalue weighted by Gasteiger charge is 2.37. The Morgan fingerprint density at radius 3 is 0.955 bits per heavy atom. The standard InChI is InChI=1S/C18H16OSi.ClH.Mg.2H/c19-20(16-10-4-1-5-11-16,17-12-6-2-7-13-17)18-14-8-3-9-15-18;;;;/h1-15,19H;1H;;;. The zero-order valence-corrected chi connectivity index (χ0v) is 13.3. The lowest BCUT2D eigenvalue weighted by Crippen LogP contribution is -2.67. The lowest BCUT2D eigenvalue weighted by atomic mass is 10.3. The summed E-state index contributed by atoms with van der Waals surface area (Å²) in [4.78, 5) is 11.6. The van der Waals surface area contributed by atoms with Gasteiger partial charge in [0.2, 0.25) is 0 Å². The van der Waals surface area contributed by atoms with Crippen LogP contribution in [-0.2, 0) is 0 Å². The van der Waals surface area contributed by atoms with Crippen molar-refractivity contribution in [2.24, 2.45) is 0 Å². The van der Waals surface area contributed by atoms with Gasteiger partial charge in [0.1, 0.15) is 0 Å². The van der Waals surface area contributed by atoms with Crippen LogP contribution in [0.15, 0.2) is 91.0 Å². The monoisotopic (exact) mass is 338 g/mol. The van der Waals surface area contributed by atoms with E-state index in [1.807, 2.05) is 91.0 Å². The van der Waals surface area contributed by atoms with E-state index in [-0.39, 0.29) is 35.5 Å². The van der Waals surface area contributed by atoms with Gasteiger partial charge in [0.25, 0.3) is 8.32 Å². The highest BCUT2D eigenvalue weighted by molar-refractivity contribution is 7.06. The zero-order chi connectivity index (χ0) is 13.8. The molecule has 4 heteroatoms. The van der Waals surface area contributed by atoms with Gasteiger partial charge in [-0.15, -0.1) is 12.4 Å². The van der Waals surface area contributed by atoms with Crippen LogP contribution < -0.4 is 15.6 Å². The average molecular weight is 339 g/mol. The van der Waals surface area contributed by atoms with Crippen molar-refractivity contribution in [2.45, 2.75) is 0 Å². The minimum atomic E-state index is -2.88. The predicted molar refractivity (Wildman–Crippen MR) is 102 cm³/mol. The zero-order valence-electron chi connectivity index (χ0n) is 11.5. The summed E-state index contributed by atoms with van der Waals surface area (Å²) in [6.07, 6.45) is 0. The first kappa shape index (κ1) is 18.9. The minimum absolute atomic E-state index is 0. The second kappa shape index (κ2) is 8.51. The highest BCUT2D eigenvalue weighted by Crippen LogP contribution is 2.03. The SMILES string of the molecule is Cl.O[Si](c1ccccc1)(c1ccccc1)c1ccccc1.[MgH2]. The Morgan fingerprint density at radius 2 is 0.727 bits per heavy atom. The highest BCUT2D eigenvalue weighted by atomic mass is 35.5. The number of hydrogen-bond acceptors (Lipinski definition) is 1. The summed E-state index contributed by atoms with van der Waals surface area (Å²) >= 11 is 0. The molecule has 0 spiro atoms. The fourth-order valence-corrected chi connectivity index (χ4v) is 5.56. The van der Waals surface area contributed by atoms with E-state index in [1.54, 1.807) is 0 Å². The van der Waals surface area contributed by atoms with Crippen molar-refractivity contribution >= 4 is 59.3 Å². The van der Waals surface area contributed by atoms with Crippen molar-refractivity contribution in [3.8, 4) is 0 Å². The third kappa shape index (κ3) is 3.62. The first-order valence-electron chi connectivity index (χ1n) is 6.71. The van der Waals surface area contributed by atoms with Crippen LogP contribution in [-0.4, -0.2) is 36.2 Å². The molecule has 0 aliphatic heterocycles. The quantitative estimate of drug-likeness (QED) is 0.561. The minimum Gasteiger partial charge on any atom is -0.421 e. The molecule has 0 aliphatic carbocycles. The van der Waals surface area contributed by atoms with Crippen molar-refractivity contribution in [3.05, 3.63) is 91.0 Å². The molecule has 0 saturated carbocycles. The molecule has 3 aromatic carbocycles. The van der Waals surface area contributed by atoms with E-state index < -0.39 is 8.32 Å². The molecule has 110 valence electrons. The third-order valence-corrected chi connectivity index (χ3v) is 7.08. The van der Waals surface area contributed by atoms with E-state index in [9.17, 15) is 4.80 Å². The number of benzene rings is 3. The molecule has 0 bridgehead atoms. The van der Waals surface area contributed by atoms with E-state index in [1.165, 1.54) is 0 Å². The molecule has 3 rings (SSSR count). The van der Waals surface area contributed by atoms with Crippen LogP contribution in [0.4, 0.5) is 0 Å². The number of rotatable bonds is 3. The Kier molecular flexibility index (Phi) is 7.32. The fourth-order valence-electron chi connectivity index (χ4n) is 2.54. The molecule has 0 aromatic heterocycles. The lowest BCUT2D eigenvalue weighted by molar-refractivity contribution is 0.583. The summed E-state index contributed by atoms with van der Waals surface area (Å²) in [5, 5.41) is 3.03. The van der Waals surface area contributed by atoms with E-state index >= 15 is 0 Å². The van der Waals surface area contributed by atoms with Gasteiger partial charge in [-0.25, -0.2) is 0 Å². The average Bonchev–Trinajstić information content (AvgIpc) is 2.56. The van der Waals surface area contributed by atoms with Crippen LogP contribution in [0.3, 0.4) is 0 Å². The molecular formula is C18H19ClMgOSi. The Bertz CT molecular complexity index is 581. The van der Waals surface area contributed by atoms with Gasteiger partial charge in [-0.05, 0) is 15.6 Å². The fraction of sp³-hybridized carbons (Fsp3) is 0. The molecule has 3 aromatic rings. The number of hydrogen-bond donors (Lipinski definition) is 1.